The van der Waals surface area contributed by atoms with Crippen LogP contribution in [0.15, 0.2) is 23.1 Å². The summed E-state index contributed by atoms with van der Waals surface area (Å²) in [6.07, 6.45) is 2.32. The molecule has 0 aliphatic rings. The fraction of sp³-hybridized carbons (Fsp3) is 0. The topological polar surface area (TPSA) is 38.9 Å². The third kappa shape index (κ3) is 0.655. The maximum Gasteiger partial charge on any atom is 0.246 e. The Balaban J connectivity index is 2.86. The van der Waals surface area contributed by atoms with Gasteiger partial charge in [0.05, 0.1) is 6.20 Å². The predicted molar refractivity (Wildman–Crippen MR) is 31.8 cm³/mol. The average Bonchev–Trinajstić information content (AvgIpc) is 2.33. The number of rotatable bonds is 0. The number of oxazole rings is 1. The molecule has 0 aromatic carbocycles. The lowest BCUT2D eigenvalue weighted by molar-refractivity contribution is 0.584. The molecule has 0 N–H and O–H groups in total. The Morgan fingerprint density at radius 2 is 2.30 bits per heavy atom. The zero-order chi connectivity index (χ0) is 6.97. The quantitative estimate of drug-likeness (QED) is 0.551. The lowest BCUT2D eigenvalue weighted by atomic mass is 10.4. The normalized spacial score (nSPS) is 10.5. The second-order valence-corrected chi connectivity index (χ2v) is 1.83. The Morgan fingerprint density at radius 3 is 3.20 bits per heavy atom. The Kier molecular flexibility index (Phi) is 0.943. The summed E-state index contributed by atoms with van der Waals surface area (Å²) in [5, 5.41) is 0. The molecule has 2 heterocycles. The molecule has 0 bridgehead atoms. The van der Waals surface area contributed by atoms with Gasteiger partial charge in [-0.1, -0.05) is 0 Å². The van der Waals surface area contributed by atoms with Gasteiger partial charge in [0, 0.05) is 6.07 Å². The van der Waals surface area contributed by atoms with Crippen molar-refractivity contribution in [2.45, 2.75) is 0 Å². The first-order valence-electron chi connectivity index (χ1n) is 2.71. The number of fused-ring (bicyclic) bond motifs is 1. The van der Waals surface area contributed by atoms with Crippen LogP contribution < -0.4 is 0 Å². The van der Waals surface area contributed by atoms with E-state index < -0.39 is 5.82 Å². The minimum atomic E-state index is -0.401. The van der Waals surface area contributed by atoms with Gasteiger partial charge in [0.25, 0.3) is 0 Å². The smallest absolute Gasteiger partial charge is 0.246 e. The van der Waals surface area contributed by atoms with E-state index in [1.807, 2.05) is 0 Å². The number of pyridine rings is 1. The molecule has 3 nitrogen and oxygen atoms in total. The average molecular weight is 138 g/mol. The SMILES string of the molecule is Fc1cnc2ocnc2c1. The van der Waals surface area contributed by atoms with E-state index in [1.54, 1.807) is 0 Å². The molecule has 0 spiro atoms. The third-order valence-corrected chi connectivity index (χ3v) is 1.15. The van der Waals surface area contributed by atoms with Crippen molar-refractivity contribution < 1.29 is 8.81 Å². The highest BCUT2D eigenvalue weighted by atomic mass is 19.1. The summed E-state index contributed by atoms with van der Waals surface area (Å²) in [4.78, 5) is 7.35. The Hall–Kier alpha value is -1.45. The van der Waals surface area contributed by atoms with Gasteiger partial charge in [0.2, 0.25) is 5.71 Å². The number of nitrogens with zero attached hydrogens (tertiary/aromatic N) is 2. The number of halogens is 1. The standard InChI is InChI=1S/C6H3FN2O/c7-4-1-5-6(8-2-4)10-3-9-5/h1-3H. The van der Waals surface area contributed by atoms with Gasteiger partial charge in [0.15, 0.2) is 6.39 Å². The first-order chi connectivity index (χ1) is 4.86. The Labute approximate surface area is 55.5 Å². The van der Waals surface area contributed by atoms with Crippen molar-refractivity contribution >= 4 is 11.2 Å². The largest absolute Gasteiger partial charge is 0.425 e. The summed E-state index contributed by atoms with van der Waals surface area (Å²) in [5.74, 6) is -0.401. The molecular formula is C6H3FN2O. The highest BCUT2D eigenvalue weighted by molar-refractivity contribution is 5.66. The fourth-order valence-corrected chi connectivity index (χ4v) is 0.732. The van der Waals surface area contributed by atoms with Crippen molar-refractivity contribution in [3.8, 4) is 0 Å². The van der Waals surface area contributed by atoms with Gasteiger partial charge in [-0.3, -0.25) is 0 Å². The molecule has 50 valence electrons. The van der Waals surface area contributed by atoms with E-state index in [0.717, 1.165) is 6.20 Å². The van der Waals surface area contributed by atoms with Crippen molar-refractivity contribution in [1.82, 2.24) is 9.97 Å². The van der Waals surface area contributed by atoms with Crippen LogP contribution in [0, 0.1) is 5.82 Å². The lowest BCUT2D eigenvalue weighted by Gasteiger charge is -1.83. The zero-order valence-corrected chi connectivity index (χ0v) is 4.91. The van der Waals surface area contributed by atoms with Gasteiger partial charge in [-0.05, 0) is 0 Å². The molecule has 10 heavy (non-hydrogen) atoms. The van der Waals surface area contributed by atoms with Crippen LogP contribution in [0.5, 0.6) is 0 Å². The van der Waals surface area contributed by atoms with Crippen LogP contribution in [-0.2, 0) is 0 Å². The fourth-order valence-electron chi connectivity index (χ4n) is 0.732. The molecule has 0 radical (unpaired) electrons. The van der Waals surface area contributed by atoms with Crippen molar-refractivity contribution in [3.63, 3.8) is 0 Å². The second-order valence-electron chi connectivity index (χ2n) is 1.83. The molecule has 0 unspecified atom stereocenters. The predicted octanol–water partition coefficient (Wildman–Crippen LogP) is 1.36. The van der Waals surface area contributed by atoms with Crippen LogP contribution in [-0.4, -0.2) is 9.97 Å². The molecule has 2 rings (SSSR count). The molecule has 2 aromatic heterocycles. The summed E-state index contributed by atoms with van der Waals surface area (Å²) in [5.41, 5.74) is 0.807. The van der Waals surface area contributed by atoms with Crippen LogP contribution >= 0.6 is 0 Å². The molecule has 0 atom stereocenters. The molecular weight excluding hydrogens is 135 g/mol. The van der Waals surface area contributed by atoms with Crippen LogP contribution in [0.25, 0.3) is 11.2 Å². The van der Waals surface area contributed by atoms with E-state index in [2.05, 4.69) is 9.97 Å². The van der Waals surface area contributed by atoms with Gasteiger partial charge < -0.3 is 4.42 Å². The summed E-state index contributed by atoms with van der Waals surface area (Å²) in [6, 6.07) is 1.27. The number of hydrogen-bond donors (Lipinski definition) is 0. The maximum atomic E-state index is 12.4. The molecule has 0 fully saturated rings. The van der Waals surface area contributed by atoms with Crippen LogP contribution in [0.1, 0.15) is 0 Å². The van der Waals surface area contributed by atoms with Crippen LogP contribution in [0.2, 0.25) is 0 Å². The molecule has 0 aliphatic carbocycles. The van der Waals surface area contributed by atoms with Gasteiger partial charge in [-0.25, -0.2) is 14.4 Å². The maximum absolute atomic E-state index is 12.4. The van der Waals surface area contributed by atoms with Gasteiger partial charge in [0.1, 0.15) is 11.3 Å². The highest BCUT2D eigenvalue weighted by Gasteiger charge is 1.98. The monoisotopic (exact) mass is 138 g/mol. The second kappa shape index (κ2) is 1.76. The third-order valence-electron chi connectivity index (χ3n) is 1.15. The molecule has 0 aliphatic heterocycles. The van der Waals surface area contributed by atoms with Crippen LogP contribution in [0.4, 0.5) is 4.39 Å². The number of hydrogen-bond acceptors (Lipinski definition) is 3. The van der Waals surface area contributed by atoms with Crippen molar-refractivity contribution in [1.29, 1.82) is 0 Å². The first-order valence-corrected chi connectivity index (χ1v) is 2.71. The minimum absolute atomic E-state index is 0.362. The molecule has 0 saturated heterocycles. The number of aromatic nitrogens is 2. The zero-order valence-electron chi connectivity index (χ0n) is 4.91. The van der Waals surface area contributed by atoms with E-state index in [1.165, 1.54) is 12.5 Å². The Bertz CT molecular complexity index is 357. The summed E-state index contributed by atoms with van der Waals surface area (Å²) >= 11 is 0. The van der Waals surface area contributed by atoms with E-state index in [9.17, 15) is 4.39 Å². The van der Waals surface area contributed by atoms with E-state index >= 15 is 0 Å². The van der Waals surface area contributed by atoms with Gasteiger partial charge in [-0.2, -0.15) is 0 Å². The highest BCUT2D eigenvalue weighted by Crippen LogP contribution is 2.08. The molecule has 4 heteroatoms. The van der Waals surface area contributed by atoms with Gasteiger partial charge in [-0.15, -0.1) is 0 Å². The Morgan fingerprint density at radius 1 is 1.40 bits per heavy atom. The van der Waals surface area contributed by atoms with E-state index in [4.69, 9.17) is 4.42 Å². The minimum Gasteiger partial charge on any atom is -0.425 e. The van der Waals surface area contributed by atoms with Crippen molar-refractivity contribution in [2.75, 3.05) is 0 Å². The lowest BCUT2D eigenvalue weighted by Crippen LogP contribution is -1.77. The van der Waals surface area contributed by atoms with E-state index in [0.29, 0.717) is 11.2 Å². The summed E-state index contributed by atoms with van der Waals surface area (Å²) < 4.78 is 17.2. The molecule has 0 amide bonds. The van der Waals surface area contributed by atoms with Crippen LogP contribution in [0.3, 0.4) is 0 Å². The summed E-state index contributed by atoms with van der Waals surface area (Å²) in [7, 11) is 0. The van der Waals surface area contributed by atoms with Gasteiger partial charge >= 0.3 is 0 Å². The van der Waals surface area contributed by atoms with Crippen molar-refractivity contribution in [2.24, 2.45) is 0 Å². The van der Waals surface area contributed by atoms with Crippen molar-refractivity contribution in [3.05, 3.63) is 24.5 Å². The molecule has 0 saturated carbocycles. The molecule has 2 aromatic rings. The van der Waals surface area contributed by atoms with E-state index in [-0.39, 0.29) is 0 Å². The summed E-state index contributed by atoms with van der Waals surface area (Å²) in [6.45, 7) is 0. The first kappa shape index (κ1) is 5.34.